The van der Waals surface area contributed by atoms with Crippen LogP contribution in [0.3, 0.4) is 0 Å². The first-order chi connectivity index (χ1) is 8.27. The molecule has 3 N–H and O–H groups in total. The maximum absolute atomic E-state index is 5.66. The number of hydrogen-bond donors (Lipinski definition) is 2. The SMILES string of the molecule is CCn1nccc1C(NN)c1ncccc1C. The van der Waals surface area contributed by atoms with Crippen molar-refractivity contribution in [1.82, 2.24) is 20.2 Å². The van der Waals surface area contributed by atoms with E-state index in [1.807, 2.05) is 29.8 Å². The van der Waals surface area contributed by atoms with Gasteiger partial charge in [-0.15, -0.1) is 0 Å². The van der Waals surface area contributed by atoms with E-state index in [4.69, 9.17) is 5.84 Å². The smallest absolute Gasteiger partial charge is 0.105 e. The molecule has 2 aromatic heterocycles. The zero-order valence-corrected chi connectivity index (χ0v) is 10.1. The summed E-state index contributed by atoms with van der Waals surface area (Å²) in [6.07, 6.45) is 3.56. The van der Waals surface area contributed by atoms with Gasteiger partial charge in [0.25, 0.3) is 0 Å². The number of pyridine rings is 1. The van der Waals surface area contributed by atoms with Crippen LogP contribution in [-0.2, 0) is 6.54 Å². The first-order valence-corrected chi connectivity index (χ1v) is 5.67. The zero-order chi connectivity index (χ0) is 12.3. The van der Waals surface area contributed by atoms with E-state index in [2.05, 4.69) is 22.4 Å². The molecule has 0 amide bonds. The molecule has 0 aliphatic rings. The largest absolute Gasteiger partial charge is 0.270 e. The second-order valence-electron chi connectivity index (χ2n) is 3.88. The van der Waals surface area contributed by atoms with Gasteiger partial charge in [0, 0.05) is 18.9 Å². The summed E-state index contributed by atoms with van der Waals surface area (Å²) in [4.78, 5) is 4.40. The Labute approximate surface area is 101 Å². The molecule has 0 saturated heterocycles. The fourth-order valence-corrected chi connectivity index (χ4v) is 1.96. The predicted octanol–water partition coefficient (Wildman–Crippen LogP) is 1.16. The predicted molar refractivity (Wildman–Crippen MR) is 66.0 cm³/mol. The molecule has 90 valence electrons. The summed E-state index contributed by atoms with van der Waals surface area (Å²) in [5.41, 5.74) is 5.88. The van der Waals surface area contributed by atoms with Gasteiger partial charge < -0.3 is 0 Å². The van der Waals surface area contributed by atoms with Crippen LogP contribution in [0.5, 0.6) is 0 Å². The Morgan fingerprint density at radius 2 is 2.24 bits per heavy atom. The van der Waals surface area contributed by atoms with Crippen LogP contribution >= 0.6 is 0 Å². The van der Waals surface area contributed by atoms with Gasteiger partial charge in [0.2, 0.25) is 0 Å². The van der Waals surface area contributed by atoms with Crippen molar-refractivity contribution >= 4 is 0 Å². The first-order valence-electron chi connectivity index (χ1n) is 5.67. The number of rotatable bonds is 4. The lowest BCUT2D eigenvalue weighted by Gasteiger charge is -2.18. The molecule has 0 fully saturated rings. The molecule has 1 atom stereocenters. The summed E-state index contributed by atoms with van der Waals surface area (Å²) in [5.74, 6) is 5.66. The zero-order valence-electron chi connectivity index (χ0n) is 10.1. The minimum absolute atomic E-state index is 0.126. The topological polar surface area (TPSA) is 68.8 Å². The second-order valence-corrected chi connectivity index (χ2v) is 3.88. The fourth-order valence-electron chi connectivity index (χ4n) is 1.96. The van der Waals surface area contributed by atoms with Crippen molar-refractivity contribution in [3.63, 3.8) is 0 Å². The number of aryl methyl sites for hydroxylation is 2. The first kappa shape index (κ1) is 11.8. The van der Waals surface area contributed by atoms with Gasteiger partial charge in [0.15, 0.2) is 0 Å². The maximum Gasteiger partial charge on any atom is 0.105 e. The molecule has 0 radical (unpaired) electrons. The summed E-state index contributed by atoms with van der Waals surface area (Å²) in [5, 5.41) is 4.25. The third kappa shape index (κ3) is 2.20. The van der Waals surface area contributed by atoms with Crippen molar-refractivity contribution in [2.24, 2.45) is 5.84 Å². The molecule has 0 aliphatic carbocycles. The van der Waals surface area contributed by atoms with Crippen molar-refractivity contribution < 1.29 is 0 Å². The van der Waals surface area contributed by atoms with E-state index in [1.165, 1.54) is 0 Å². The molecule has 0 saturated carbocycles. The third-order valence-corrected chi connectivity index (χ3v) is 2.83. The van der Waals surface area contributed by atoms with Crippen molar-refractivity contribution in [3.8, 4) is 0 Å². The normalized spacial score (nSPS) is 12.6. The number of nitrogens with one attached hydrogen (secondary N) is 1. The van der Waals surface area contributed by atoms with Gasteiger partial charge in [0.1, 0.15) is 6.04 Å². The van der Waals surface area contributed by atoms with E-state index in [1.54, 1.807) is 12.4 Å². The summed E-state index contributed by atoms with van der Waals surface area (Å²) in [6.45, 7) is 4.89. The van der Waals surface area contributed by atoms with Crippen LogP contribution in [0.25, 0.3) is 0 Å². The summed E-state index contributed by atoms with van der Waals surface area (Å²) in [7, 11) is 0. The van der Waals surface area contributed by atoms with E-state index in [0.717, 1.165) is 23.5 Å². The van der Waals surface area contributed by atoms with Gasteiger partial charge in [-0.25, -0.2) is 5.43 Å². The number of nitrogens with two attached hydrogens (primary N) is 1. The van der Waals surface area contributed by atoms with Crippen molar-refractivity contribution in [3.05, 3.63) is 47.5 Å². The Hall–Kier alpha value is -1.72. The Balaban J connectivity index is 2.44. The average molecular weight is 231 g/mol. The molecule has 5 nitrogen and oxygen atoms in total. The Morgan fingerprint density at radius 1 is 1.41 bits per heavy atom. The molecule has 0 aromatic carbocycles. The standard InChI is InChI=1S/C12H17N5/c1-3-17-10(6-8-15-17)12(16-13)11-9(2)5-4-7-14-11/h4-8,12,16H,3,13H2,1-2H3. The lowest BCUT2D eigenvalue weighted by molar-refractivity contribution is 0.533. The van der Waals surface area contributed by atoms with Gasteiger partial charge in [-0.3, -0.25) is 15.5 Å². The molecule has 0 bridgehead atoms. The van der Waals surface area contributed by atoms with Gasteiger partial charge >= 0.3 is 0 Å². The minimum Gasteiger partial charge on any atom is -0.270 e. The van der Waals surface area contributed by atoms with E-state index < -0.39 is 0 Å². The molecule has 0 spiro atoms. The maximum atomic E-state index is 5.66. The highest BCUT2D eigenvalue weighted by Gasteiger charge is 2.19. The minimum atomic E-state index is -0.126. The van der Waals surface area contributed by atoms with Crippen molar-refractivity contribution in [2.75, 3.05) is 0 Å². The number of hydrogen-bond acceptors (Lipinski definition) is 4. The van der Waals surface area contributed by atoms with Crippen LogP contribution in [-0.4, -0.2) is 14.8 Å². The van der Waals surface area contributed by atoms with Gasteiger partial charge in [-0.05, 0) is 31.5 Å². The quantitative estimate of drug-likeness (QED) is 0.612. The highest BCUT2D eigenvalue weighted by molar-refractivity contribution is 5.28. The van der Waals surface area contributed by atoms with E-state index >= 15 is 0 Å². The molecule has 0 aliphatic heterocycles. The highest BCUT2D eigenvalue weighted by atomic mass is 15.3. The van der Waals surface area contributed by atoms with Crippen LogP contribution in [0.2, 0.25) is 0 Å². The van der Waals surface area contributed by atoms with E-state index in [0.29, 0.717) is 0 Å². The van der Waals surface area contributed by atoms with Crippen LogP contribution in [0, 0.1) is 6.92 Å². The molecule has 1 unspecified atom stereocenters. The van der Waals surface area contributed by atoms with Crippen LogP contribution < -0.4 is 11.3 Å². The van der Waals surface area contributed by atoms with Crippen LogP contribution in [0.1, 0.15) is 29.9 Å². The van der Waals surface area contributed by atoms with Crippen LogP contribution in [0.15, 0.2) is 30.6 Å². The number of nitrogens with zero attached hydrogens (tertiary/aromatic N) is 3. The molecular formula is C12H17N5. The van der Waals surface area contributed by atoms with Gasteiger partial charge in [0.05, 0.1) is 11.4 Å². The van der Waals surface area contributed by atoms with Crippen molar-refractivity contribution in [2.45, 2.75) is 26.4 Å². The Morgan fingerprint density at radius 3 is 2.88 bits per heavy atom. The number of aromatic nitrogens is 3. The van der Waals surface area contributed by atoms with Crippen molar-refractivity contribution in [1.29, 1.82) is 0 Å². The molecule has 2 heterocycles. The molecule has 2 rings (SSSR count). The molecule has 5 heteroatoms. The van der Waals surface area contributed by atoms with E-state index in [-0.39, 0.29) is 6.04 Å². The monoisotopic (exact) mass is 231 g/mol. The summed E-state index contributed by atoms with van der Waals surface area (Å²) < 4.78 is 1.92. The fraction of sp³-hybridized carbons (Fsp3) is 0.333. The number of hydrazine groups is 1. The Bertz CT molecular complexity index is 491. The van der Waals surface area contributed by atoms with Gasteiger partial charge in [-0.1, -0.05) is 6.07 Å². The van der Waals surface area contributed by atoms with Gasteiger partial charge in [-0.2, -0.15) is 5.10 Å². The van der Waals surface area contributed by atoms with E-state index in [9.17, 15) is 0 Å². The molecule has 2 aromatic rings. The van der Waals surface area contributed by atoms with Crippen LogP contribution in [0.4, 0.5) is 0 Å². The summed E-state index contributed by atoms with van der Waals surface area (Å²) >= 11 is 0. The Kier molecular flexibility index (Phi) is 3.51. The lowest BCUT2D eigenvalue weighted by atomic mass is 10.1. The molecular weight excluding hydrogens is 214 g/mol. The highest BCUT2D eigenvalue weighted by Crippen LogP contribution is 2.21. The lowest BCUT2D eigenvalue weighted by Crippen LogP contribution is -2.31. The molecule has 17 heavy (non-hydrogen) atoms. The third-order valence-electron chi connectivity index (χ3n) is 2.83. The summed E-state index contributed by atoms with van der Waals surface area (Å²) in [6, 6.07) is 5.78. The average Bonchev–Trinajstić information content (AvgIpc) is 2.81. The second kappa shape index (κ2) is 5.07.